The number of hydrogen-bond acceptors (Lipinski definition) is 2. The van der Waals surface area contributed by atoms with Gasteiger partial charge in [-0.25, -0.2) is 0 Å². The first-order chi connectivity index (χ1) is 6.36. The van der Waals surface area contributed by atoms with Gasteiger partial charge in [-0.2, -0.15) is 0 Å². The lowest BCUT2D eigenvalue weighted by atomic mass is 10.2. The molecule has 2 rings (SSSR count). The molecule has 0 saturated heterocycles. The lowest BCUT2D eigenvalue weighted by Gasteiger charge is -2.11. The summed E-state index contributed by atoms with van der Waals surface area (Å²) in [6.07, 6.45) is 6.54. The van der Waals surface area contributed by atoms with Gasteiger partial charge in [0.1, 0.15) is 0 Å². The summed E-state index contributed by atoms with van der Waals surface area (Å²) >= 11 is 0. The molecule has 0 bridgehead atoms. The first kappa shape index (κ1) is 8.70. The molecule has 1 fully saturated rings. The second-order valence-electron chi connectivity index (χ2n) is 3.87. The van der Waals surface area contributed by atoms with Crippen LogP contribution in [0, 0.1) is 5.92 Å². The number of pyridine rings is 1. The molecule has 0 aromatic carbocycles. The van der Waals surface area contributed by atoms with Crippen molar-refractivity contribution in [3.8, 4) is 0 Å². The molecule has 2 heteroatoms. The average molecular weight is 176 g/mol. The average Bonchev–Trinajstić information content (AvgIpc) is 2.99. The third-order valence-corrected chi connectivity index (χ3v) is 2.68. The Morgan fingerprint density at radius 3 is 3.08 bits per heavy atom. The van der Waals surface area contributed by atoms with Crippen LogP contribution in [-0.4, -0.2) is 11.0 Å². The predicted octanol–water partition coefficient (Wildman–Crippen LogP) is 1.97. The number of aromatic nitrogens is 1. The highest BCUT2D eigenvalue weighted by atomic mass is 14.9. The van der Waals surface area contributed by atoms with Gasteiger partial charge in [0.15, 0.2) is 0 Å². The molecule has 1 N–H and O–H groups in total. The summed E-state index contributed by atoms with van der Waals surface area (Å²) in [4.78, 5) is 4.08. The largest absolute Gasteiger partial charge is 0.310 e. The number of nitrogens with zero attached hydrogens (tertiary/aromatic N) is 1. The Balaban J connectivity index is 1.78. The number of rotatable bonds is 4. The van der Waals surface area contributed by atoms with Gasteiger partial charge >= 0.3 is 0 Å². The van der Waals surface area contributed by atoms with Gasteiger partial charge < -0.3 is 5.32 Å². The molecule has 13 heavy (non-hydrogen) atoms. The molecule has 0 unspecified atom stereocenters. The van der Waals surface area contributed by atoms with Gasteiger partial charge in [-0.3, -0.25) is 4.98 Å². The summed E-state index contributed by atoms with van der Waals surface area (Å²) in [6.45, 7) is 3.22. The molecular weight excluding hydrogens is 160 g/mol. The van der Waals surface area contributed by atoms with Gasteiger partial charge in [-0.1, -0.05) is 6.07 Å². The summed E-state index contributed by atoms with van der Waals surface area (Å²) in [5.74, 6) is 0.927. The lowest BCUT2D eigenvalue weighted by Crippen LogP contribution is -2.27. The maximum absolute atomic E-state index is 4.08. The summed E-state index contributed by atoms with van der Waals surface area (Å²) in [7, 11) is 0. The molecule has 0 spiro atoms. The van der Waals surface area contributed by atoms with E-state index in [0.29, 0.717) is 6.04 Å². The van der Waals surface area contributed by atoms with Crippen molar-refractivity contribution >= 4 is 0 Å². The van der Waals surface area contributed by atoms with E-state index in [2.05, 4.69) is 23.3 Å². The molecule has 1 aromatic rings. The van der Waals surface area contributed by atoms with Crippen molar-refractivity contribution in [2.24, 2.45) is 5.92 Å². The molecule has 1 aliphatic rings. The quantitative estimate of drug-likeness (QED) is 0.758. The minimum absolute atomic E-state index is 0.667. The van der Waals surface area contributed by atoms with Crippen LogP contribution in [0.4, 0.5) is 0 Å². The SMILES string of the molecule is C[C@@H](NCc1cccnc1)C1CC1. The Bertz CT molecular complexity index is 254. The van der Waals surface area contributed by atoms with E-state index in [1.165, 1.54) is 18.4 Å². The zero-order valence-corrected chi connectivity index (χ0v) is 8.03. The molecule has 1 saturated carbocycles. The highest BCUT2D eigenvalue weighted by Gasteiger charge is 2.27. The molecular formula is C11H16N2. The monoisotopic (exact) mass is 176 g/mol. The van der Waals surface area contributed by atoms with Crippen molar-refractivity contribution in [3.63, 3.8) is 0 Å². The van der Waals surface area contributed by atoms with Crippen LogP contribution in [0.25, 0.3) is 0 Å². The summed E-state index contributed by atoms with van der Waals surface area (Å²) < 4.78 is 0. The van der Waals surface area contributed by atoms with Crippen molar-refractivity contribution in [2.75, 3.05) is 0 Å². The molecule has 1 heterocycles. The molecule has 2 nitrogen and oxygen atoms in total. The minimum atomic E-state index is 0.667. The van der Waals surface area contributed by atoms with E-state index < -0.39 is 0 Å². The van der Waals surface area contributed by atoms with Crippen LogP contribution in [0.5, 0.6) is 0 Å². The fourth-order valence-corrected chi connectivity index (χ4v) is 1.54. The Morgan fingerprint density at radius 2 is 2.46 bits per heavy atom. The van der Waals surface area contributed by atoms with E-state index in [1.54, 1.807) is 0 Å². The van der Waals surface area contributed by atoms with Crippen LogP contribution >= 0.6 is 0 Å². The topological polar surface area (TPSA) is 24.9 Å². The van der Waals surface area contributed by atoms with Gasteiger partial charge in [-0.05, 0) is 37.3 Å². The maximum atomic E-state index is 4.08. The number of hydrogen-bond donors (Lipinski definition) is 1. The molecule has 0 radical (unpaired) electrons. The van der Waals surface area contributed by atoms with Gasteiger partial charge in [-0.15, -0.1) is 0 Å². The Morgan fingerprint density at radius 1 is 1.62 bits per heavy atom. The van der Waals surface area contributed by atoms with E-state index in [-0.39, 0.29) is 0 Å². The molecule has 0 aliphatic heterocycles. The van der Waals surface area contributed by atoms with Gasteiger partial charge in [0, 0.05) is 25.0 Å². The molecule has 1 aliphatic carbocycles. The van der Waals surface area contributed by atoms with Crippen LogP contribution in [0.15, 0.2) is 24.5 Å². The second-order valence-corrected chi connectivity index (χ2v) is 3.87. The zero-order valence-electron chi connectivity index (χ0n) is 8.03. The van der Waals surface area contributed by atoms with E-state index in [4.69, 9.17) is 0 Å². The predicted molar refractivity (Wildman–Crippen MR) is 53.3 cm³/mol. The fourth-order valence-electron chi connectivity index (χ4n) is 1.54. The standard InChI is InChI=1S/C11H16N2/c1-9(11-4-5-11)13-8-10-3-2-6-12-7-10/h2-3,6-7,9,11,13H,4-5,8H2,1H3/t9-/m1/s1. The molecule has 70 valence electrons. The Hall–Kier alpha value is -0.890. The normalized spacial score (nSPS) is 18.5. The van der Waals surface area contributed by atoms with Gasteiger partial charge in [0.05, 0.1) is 0 Å². The summed E-state index contributed by atoms with van der Waals surface area (Å²) in [5.41, 5.74) is 1.27. The number of nitrogens with one attached hydrogen (secondary N) is 1. The van der Waals surface area contributed by atoms with Crippen LogP contribution < -0.4 is 5.32 Å². The minimum Gasteiger partial charge on any atom is -0.310 e. The van der Waals surface area contributed by atoms with Gasteiger partial charge in [0.25, 0.3) is 0 Å². The van der Waals surface area contributed by atoms with Crippen molar-refractivity contribution in [1.82, 2.24) is 10.3 Å². The van der Waals surface area contributed by atoms with Crippen molar-refractivity contribution in [2.45, 2.75) is 32.4 Å². The summed E-state index contributed by atoms with van der Waals surface area (Å²) in [5, 5.41) is 3.52. The highest BCUT2D eigenvalue weighted by molar-refractivity contribution is 5.08. The van der Waals surface area contributed by atoms with E-state index in [0.717, 1.165) is 12.5 Å². The maximum Gasteiger partial charge on any atom is 0.0312 e. The summed E-state index contributed by atoms with van der Waals surface area (Å²) in [6, 6.07) is 4.76. The third-order valence-electron chi connectivity index (χ3n) is 2.68. The Kier molecular flexibility index (Phi) is 2.60. The second kappa shape index (κ2) is 3.88. The van der Waals surface area contributed by atoms with Crippen LogP contribution in [0.2, 0.25) is 0 Å². The van der Waals surface area contributed by atoms with Crippen LogP contribution in [0.1, 0.15) is 25.3 Å². The third kappa shape index (κ3) is 2.52. The van der Waals surface area contributed by atoms with E-state index in [9.17, 15) is 0 Å². The Labute approximate surface area is 79.4 Å². The van der Waals surface area contributed by atoms with Crippen molar-refractivity contribution < 1.29 is 0 Å². The highest BCUT2D eigenvalue weighted by Crippen LogP contribution is 2.32. The van der Waals surface area contributed by atoms with E-state index in [1.807, 2.05) is 18.5 Å². The molecule has 0 amide bonds. The lowest BCUT2D eigenvalue weighted by molar-refractivity contribution is 0.496. The first-order valence-electron chi connectivity index (χ1n) is 4.98. The molecule has 1 aromatic heterocycles. The first-order valence-corrected chi connectivity index (χ1v) is 4.98. The van der Waals surface area contributed by atoms with Crippen LogP contribution in [-0.2, 0) is 6.54 Å². The fraction of sp³-hybridized carbons (Fsp3) is 0.545. The van der Waals surface area contributed by atoms with Crippen LogP contribution in [0.3, 0.4) is 0 Å². The van der Waals surface area contributed by atoms with Gasteiger partial charge in [0.2, 0.25) is 0 Å². The zero-order chi connectivity index (χ0) is 9.10. The van der Waals surface area contributed by atoms with Crippen molar-refractivity contribution in [1.29, 1.82) is 0 Å². The molecule has 1 atom stereocenters. The van der Waals surface area contributed by atoms with Crippen molar-refractivity contribution in [3.05, 3.63) is 30.1 Å². The van der Waals surface area contributed by atoms with E-state index >= 15 is 0 Å². The smallest absolute Gasteiger partial charge is 0.0312 e.